The summed E-state index contributed by atoms with van der Waals surface area (Å²) in [6.07, 6.45) is 4.16. The molecule has 1 aromatic rings. The van der Waals surface area contributed by atoms with Gasteiger partial charge in [0.25, 0.3) is 5.91 Å². The van der Waals surface area contributed by atoms with Gasteiger partial charge >= 0.3 is 5.82 Å². The van der Waals surface area contributed by atoms with Crippen LogP contribution in [-0.2, 0) is 4.74 Å². The van der Waals surface area contributed by atoms with Gasteiger partial charge in [-0.25, -0.2) is 4.98 Å². The van der Waals surface area contributed by atoms with E-state index in [1.807, 2.05) is 13.8 Å². The van der Waals surface area contributed by atoms with E-state index in [9.17, 15) is 14.9 Å². The van der Waals surface area contributed by atoms with Gasteiger partial charge in [0.1, 0.15) is 0 Å². The number of nitro groups is 1. The number of rotatable bonds is 2. The van der Waals surface area contributed by atoms with Crippen molar-refractivity contribution in [2.45, 2.75) is 50.7 Å². The number of carbonyl (C=O) groups excluding carboxylic acids is 1. The molecule has 1 aromatic heterocycles. The van der Waals surface area contributed by atoms with Gasteiger partial charge in [0.15, 0.2) is 5.69 Å². The first-order valence-electron chi connectivity index (χ1n) is 7.63. The molecule has 1 spiro atoms. The molecule has 1 saturated carbocycles. The average molecular weight is 307 g/mol. The van der Waals surface area contributed by atoms with Gasteiger partial charge in [-0.15, -0.1) is 0 Å². The van der Waals surface area contributed by atoms with Crippen molar-refractivity contribution in [1.82, 2.24) is 9.88 Å². The number of hydrogen-bond acceptors (Lipinski definition) is 4. The highest BCUT2D eigenvalue weighted by molar-refractivity contribution is 5.93. The second-order valence-corrected chi connectivity index (χ2v) is 6.93. The van der Waals surface area contributed by atoms with Crippen LogP contribution in [0.15, 0.2) is 12.1 Å². The van der Waals surface area contributed by atoms with Crippen molar-refractivity contribution in [3.05, 3.63) is 27.9 Å². The molecule has 1 saturated heterocycles. The normalized spacial score (nSPS) is 22.9. The van der Waals surface area contributed by atoms with E-state index in [2.05, 4.69) is 4.98 Å². The van der Waals surface area contributed by atoms with Crippen LogP contribution in [0.5, 0.6) is 0 Å². The summed E-state index contributed by atoms with van der Waals surface area (Å²) in [6.45, 7) is 5.02. The number of aromatic nitrogens is 1. The summed E-state index contributed by atoms with van der Waals surface area (Å²) in [5.74, 6) is -0.359. The van der Waals surface area contributed by atoms with E-state index in [0.29, 0.717) is 13.1 Å². The van der Waals surface area contributed by atoms with Crippen molar-refractivity contribution in [3.8, 4) is 0 Å². The van der Waals surface area contributed by atoms with Crippen LogP contribution >= 0.6 is 0 Å². The van der Waals surface area contributed by atoms with Crippen LogP contribution in [-0.4, -0.2) is 45.0 Å². The molecule has 1 amide bonds. The summed E-state index contributed by atoms with van der Waals surface area (Å²) in [5, 5.41) is 10.7. The number of carbonyl (C=O) groups is 1. The van der Waals surface area contributed by atoms with Crippen LogP contribution in [0.4, 0.5) is 5.82 Å². The quantitative estimate of drug-likeness (QED) is 0.671. The Hall–Kier alpha value is -1.89. The van der Waals surface area contributed by atoms with Crippen LogP contribution in [0.1, 0.15) is 50.0 Å². The largest absolute Gasteiger partial charge is 0.365 e. The van der Waals surface area contributed by atoms with Crippen molar-refractivity contribution < 1.29 is 14.5 Å². The molecule has 2 aliphatic rings. The molecule has 120 valence electrons. The van der Waals surface area contributed by atoms with Gasteiger partial charge in [0.2, 0.25) is 0 Å². The third kappa shape index (κ3) is 2.72. The van der Waals surface area contributed by atoms with Crippen LogP contribution in [0.3, 0.4) is 0 Å². The minimum Gasteiger partial charge on any atom is -0.365 e. The first kappa shape index (κ1) is 15.0. The number of hydrogen-bond donors (Lipinski definition) is 1. The molecule has 7 nitrogen and oxygen atoms in total. The second kappa shape index (κ2) is 5.08. The average Bonchev–Trinajstić information content (AvgIpc) is 3.05. The number of ether oxygens (including phenoxy) is 1. The summed E-state index contributed by atoms with van der Waals surface area (Å²) in [5.41, 5.74) is -0.398. The van der Waals surface area contributed by atoms with Gasteiger partial charge in [-0.1, -0.05) is 12.8 Å². The van der Waals surface area contributed by atoms with Crippen LogP contribution < -0.4 is 0 Å². The maximum Gasteiger partial charge on any atom is 0.321 e. The molecule has 1 aliphatic heterocycles. The summed E-state index contributed by atoms with van der Waals surface area (Å²) in [6, 6.07) is 2.80. The molecular weight excluding hydrogens is 286 g/mol. The molecule has 0 aromatic carbocycles. The van der Waals surface area contributed by atoms with Crippen LogP contribution in [0, 0.1) is 10.1 Å². The van der Waals surface area contributed by atoms with E-state index in [1.54, 1.807) is 4.90 Å². The van der Waals surface area contributed by atoms with E-state index in [0.717, 1.165) is 25.7 Å². The number of nitrogens with one attached hydrogen (secondary N) is 1. The molecule has 1 aliphatic carbocycles. The zero-order valence-electron chi connectivity index (χ0n) is 12.9. The smallest absolute Gasteiger partial charge is 0.321 e. The predicted molar refractivity (Wildman–Crippen MR) is 79.7 cm³/mol. The Labute approximate surface area is 128 Å². The Balaban J connectivity index is 1.82. The summed E-state index contributed by atoms with van der Waals surface area (Å²) in [4.78, 5) is 27.3. The monoisotopic (exact) mass is 307 g/mol. The van der Waals surface area contributed by atoms with Gasteiger partial charge in [0, 0.05) is 12.6 Å². The number of morpholine rings is 1. The number of amides is 1. The maximum absolute atomic E-state index is 12.7. The van der Waals surface area contributed by atoms with Crippen LogP contribution in [0.2, 0.25) is 0 Å². The lowest BCUT2D eigenvalue weighted by Gasteiger charge is -2.48. The van der Waals surface area contributed by atoms with E-state index in [4.69, 9.17) is 4.74 Å². The van der Waals surface area contributed by atoms with Gasteiger partial charge in [-0.05, 0) is 37.7 Å². The van der Waals surface area contributed by atoms with Gasteiger partial charge in [0.05, 0.1) is 17.7 Å². The lowest BCUT2D eigenvalue weighted by Crippen LogP contribution is -2.60. The highest BCUT2D eigenvalue weighted by Crippen LogP contribution is 2.40. The fourth-order valence-electron chi connectivity index (χ4n) is 3.72. The molecule has 7 heteroatoms. The minimum absolute atomic E-state index is 0.161. The number of nitrogens with zero attached hydrogens (tertiary/aromatic N) is 2. The molecule has 0 atom stereocenters. The Morgan fingerprint density at radius 3 is 2.59 bits per heavy atom. The SMILES string of the molecule is CC1(C)CN(C(=O)c2ccc([N+](=O)[O-])[nH]2)CC2(CCCC2)O1. The molecule has 0 radical (unpaired) electrons. The first-order chi connectivity index (χ1) is 10.3. The van der Waals surface area contributed by atoms with Crippen molar-refractivity contribution in [2.24, 2.45) is 0 Å². The number of aromatic amines is 1. The standard InChI is InChI=1S/C15H21N3O4/c1-14(2)9-17(10-15(22-14)7-3-4-8-15)13(19)11-5-6-12(16-11)18(20)21/h5-6,16H,3-4,7-10H2,1-2H3. The molecule has 3 rings (SSSR count). The van der Waals surface area contributed by atoms with E-state index in [1.165, 1.54) is 12.1 Å². The van der Waals surface area contributed by atoms with E-state index < -0.39 is 10.5 Å². The zero-order chi connectivity index (χ0) is 16.0. The fourth-order valence-corrected chi connectivity index (χ4v) is 3.72. The van der Waals surface area contributed by atoms with Gasteiger partial charge in [-0.2, -0.15) is 0 Å². The Bertz CT molecular complexity index is 602. The maximum atomic E-state index is 12.7. The summed E-state index contributed by atoms with van der Waals surface area (Å²) < 4.78 is 6.27. The van der Waals surface area contributed by atoms with Crippen molar-refractivity contribution in [3.63, 3.8) is 0 Å². The Morgan fingerprint density at radius 2 is 2.00 bits per heavy atom. The predicted octanol–water partition coefficient (Wildman–Crippen LogP) is 2.49. The summed E-state index contributed by atoms with van der Waals surface area (Å²) >= 11 is 0. The zero-order valence-corrected chi connectivity index (χ0v) is 12.9. The topological polar surface area (TPSA) is 88.5 Å². The van der Waals surface area contributed by atoms with E-state index >= 15 is 0 Å². The second-order valence-electron chi connectivity index (χ2n) is 6.93. The molecule has 22 heavy (non-hydrogen) atoms. The lowest BCUT2D eigenvalue weighted by molar-refractivity contribution is -0.389. The molecule has 0 bridgehead atoms. The molecule has 1 N–H and O–H groups in total. The fraction of sp³-hybridized carbons (Fsp3) is 0.667. The summed E-state index contributed by atoms with van der Waals surface area (Å²) in [7, 11) is 0. The van der Waals surface area contributed by atoms with Gasteiger partial charge < -0.3 is 19.8 Å². The Kier molecular flexibility index (Phi) is 3.47. The lowest BCUT2D eigenvalue weighted by atomic mass is 9.94. The molecule has 2 fully saturated rings. The highest BCUT2D eigenvalue weighted by Gasteiger charge is 2.47. The minimum atomic E-state index is -0.529. The van der Waals surface area contributed by atoms with Crippen molar-refractivity contribution >= 4 is 11.7 Å². The highest BCUT2D eigenvalue weighted by atomic mass is 16.6. The molecule has 0 unspecified atom stereocenters. The molecule has 2 heterocycles. The third-order valence-corrected chi connectivity index (χ3v) is 4.44. The van der Waals surface area contributed by atoms with E-state index in [-0.39, 0.29) is 23.0 Å². The number of H-pyrrole nitrogens is 1. The Morgan fingerprint density at radius 1 is 1.32 bits per heavy atom. The van der Waals surface area contributed by atoms with Crippen molar-refractivity contribution in [1.29, 1.82) is 0 Å². The third-order valence-electron chi connectivity index (χ3n) is 4.44. The molecular formula is C15H21N3O4. The van der Waals surface area contributed by atoms with Crippen LogP contribution in [0.25, 0.3) is 0 Å². The van der Waals surface area contributed by atoms with Crippen molar-refractivity contribution in [2.75, 3.05) is 13.1 Å². The van der Waals surface area contributed by atoms with Gasteiger partial charge in [-0.3, -0.25) is 4.79 Å². The first-order valence-corrected chi connectivity index (χ1v) is 7.63.